The molecule has 1 fully saturated rings. The predicted octanol–water partition coefficient (Wildman–Crippen LogP) is 2.62. The number of nitro groups is 1. The molecular formula is C18H17N5O6S. The molecule has 0 spiro atoms. The number of carboxylic acids is 1. The molecular weight excluding hydrogens is 414 g/mol. The zero-order chi connectivity index (χ0) is 21.8. The summed E-state index contributed by atoms with van der Waals surface area (Å²) in [6, 6.07) is 7.15. The molecule has 1 unspecified atom stereocenters. The molecule has 0 radical (unpaired) electrons. The van der Waals surface area contributed by atoms with Gasteiger partial charge in [-0.05, 0) is 11.6 Å². The highest BCUT2D eigenvalue weighted by molar-refractivity contribution is 7.14. The summed E-state index contributed by atoms with van der Waals surface area (Å²) in [5.41, 5.74) is 3.74. The first-order valence-electron chi connectivity index (χ1n) is 8.62. The number of nitrogens with zero attached hydrogens (tertiary/aromatic N) is 4. The highest BCUT2D eigenvalue weighted by Crippen LogP contribution is 2.32. The van der Waals surface area contributed by atoms with Crippen LogP contribution in [-0.2, 0) is 14.4 Å². The maximum Gasteiger partial charge on any atom is 0.358 e. The lowest BCUT2D eigenvalue weighted by Gasteiger charge is -2.22. The van der Waals surface area contributed by atoms with Gasteiger partial charge in [0.15, 0.2) is 5.71 Å². The van der Waals surface area contributed by atoms with Gasteiger partial charge in [-0.1, -0.05) is 17.3 Å². The number of aliphatic carboxylic acids is 1. The number of carboxylic acid groups (broad SMARTS) is 1. The van der Waals surface area contributed by atoms with Crippen LogP contribution in [0.15, 0.2) is 45.9 Å². The van der Waals surface area contributed by atoms with Gasteiger partial charge in [-0.3, -0.25) is 20.3 Å². The van der Waals surface area contributed by atoms with Crippen molar-refractivity contribution in [2.24, 2.45) is 10.1 Å². The van der Waals surface area contributed by atoms with Gasteiger partial charge < -0.3 is 9.94 Å². The number of nitrogens with one attached hydrogen (secondary N) is 1. The summed E-state index contributed by atoms with van der Waals surface area (Å²) in [6.07, 6.45) is 0.364. The Bertz CT molecular complexity index is 1050. The Labute approximate surface area is 174 Å². The zero-order valence-corrected chi connectivity index (χ0v) is 16.8. The van der Waals surface area contributed by atoms with Crippen molar-refractivity contribution in [3.05, 3.63) is 57.0 Å². The van der Waals surface area contributed by atoms with E-state index in [1.54, 1.807) is 23.6 Å². The van der Waals surface area contributed by atoms with E-state index in [0.29, 0.717) is 22.8 Å². The number of carbonyl (C=O) groups is 2. The van der Waals surface area contributed by atoms with E-state index in [2.05, 4.69) is 20.4 Å². The largest absolute Gasteiger partial charge is 0.476 e. The highest BCUT2D eigenvalue weighted by Gasteiger charge is 2.32. The Balaban J connectivity index is 1.85. The second-order valence-corrected chi connectivity index (χ2v) is 7.12. The number of carbonyl (C=O) groups excluding carboxylic acids is 1. The molecule has 1 atom stereocenters. The Morgan fingerprint density at radius 3 is 2.63 bits per heavy atom. The maximum absolute atomic E-state index is 12.1. The highest BCUT2D eigenvalue weighted by atomic mass is 32.1. The van der Waals surface area contributed by atoms with Gasteiger partial charge in [-0.15, -0.1) is 11.3 Å². The van der Waals surface area contributed by atoms with Gasteiger partial charge in [0.2, 0.25) is 5.91 Å². The van der Waals surface area contributed by atoms with E-state index < -0.39 is 10.9 Å². The average molecular weight is 431 g/mol. The van der Waals surface area contributed by atoms with Crippen LogP contribution in [0.4, 0.5) is 10.7 Å². The number of oxime groups is 1. The Kier molecular flexibility index (Phi) is 6.06. The Hall–Kier alpha value is -3.80. The fourth-order valence-corrected chi connectivity index (χ4v) is 3.72. The number of benzene rings is 1. The summed E-state index contributed by atoms with van der Waals surface area (Å²) >= 11 is 1.21. The molecule has 0 aliphatic carbocycles. The first-order chi connectivity index (χ1) is 14.3. The first kappa shape index (κ1) is 20.9. The van der Waals surface area contributed by atoms with E-state index in [1.807, 2.05) is 0 Å². The van der Waals surface area contributed by atoms with Crippen molar-refractivity contribution in [3.8, 4) is 0 Å². The maximum atomic E-state index is 12.1. The van der Waals surface area contributed by atoms with Crippen LogP contribution in [0, 0.1) is 10.1 Å². The van der Waals surface area contributed by atoms with Crippen molar-refractivity contribution in [2.75, 3.05) is 7.11 Å². The number of hydrazine groups is 1. The van der Waals surface area contributed by atoms with Crippen LogP contribution in [-0.4, -0.2) is 45.6 Å². The van der Waals surface area contributed by atoms with E-state index in [4.69, 9.17) is 0 Å². The smallest absolute Gasteiger partial charge is 0.358 e. The summed E-state index contributed by atoms with van der Waals surface area (Å²) in [7, 11) is 1.26. The molecule has 0 saturated carbocycles. The van der Waals surface area contributed by atoms with Crippen LogP contribution in [0.1, 0.15) is 30.5 Å². The Morgan fingerprint density at radius 2 is 2.07 bits per heavy atom. The molecule has 2 N–H and O–H groups in total. The number of non-ortho nitro benzene ring substituents is 1. The minimum atomic E-state index is -1.23. The van der Waals surface area contributed by atoms with Crippen LogP contribution in [0.25, 0.3) is 0 Å². The fourth-order valence-electron chi connectivity index (χ4n) is 2.94. The molecule has 2 heterocycles. The molecule has 0 bridgehead atoms. The van der Waals surface area contributed by atoms with Gasteiger partial charge in [0.1, 0.15) is 17.9 Å². The molecule has 12 heteroatoms. The van der Waals surface area contributed by atoms with E-state index in [9.17, 15) is 24.8 Å². The van der Waals surface area contributed by atoms with Crippen LogP contribution in [0.2, 0.25) is 0 Å². The molecule has 1 saturated heterocycles. The number of hydrogen-bond acceptors (Lipinski definition) is 8. The average Bonchev–Trinajstić information content (AvgIpc) is 3.33. The molecule has 1 aromatic carbocycles. The summed E-state index contributed by atoms with van der Waals surface area (Å²) in [5, 5.41) is 27.1. The SMILES string of the molecule is CON=C(C(=O)O)c1csc(N=C2CC(c3ccc([N+](=O)[O-])cc3)N(C(C)=O)N2)c1. The zero-order valence-electron chi connectivity index (χ0n) is 15.9. The van der Waals surface area contributed by atoms with Gasteiger partial charge >= 0.3 is 5.97 Å². The second-order valence-electron chi connectivity index (χ2n) is 6.23. The van der Waals surface area contributed by atoms with Crippen molar-refractivity contribution in [1.82, 2.24) is 10.4 Å². The van der Waals surface area contributed by atoms with Gasteiger partial charge in [-0.2, -0.15) is 0 Å². The van der Waals surface area contributed by atoms with Gasteiger partial charge in [-0.25, -0.2) is 14.8 Å². The number of thiophene rings is 1. The lowest BCUT2D eigenvalue weighted by molar-refractivity contribution is -0.384. The standard InChI is InChI=1S/C18H17N5O6S/c1-10(24)22-14(11-3-5-13(6-4-11)23(27)28)8-15(20-22)19-16-7-12(9-30-16)17(18(25)26)21-29-2/h3-7,9,14H,8H2,1-2H3,(H,19,20)(H,25,26). The van der Waals surface area contributed by atoms with E-state index in [-0.39, 0.29) is 23.3 Å². The van der Waals surface area contributed by atoms with Crippen molar-refractivity contribution in [1.29, 1.82) is 0 Å². The third-order valence-corrected chi connectivity index (χ3v) is 5.09. The van der Waals surface area contributed by atoms with Gasteiger partial charge in [0, 0.05) is 36.4 Å². The summed E-state index contributed by atoms with van der Waals surface area (Å²) in [6.45, 7) is 1.40. The third kappa shape index (κ3) is 4.43. The number of hydrogen-bond donors (Lipinski definition) is 2. The number of amidine groups is 1. The minimum Gasteiger partial charge on any atom is -0.476 e. The van der Waals surface area contributed by atoms with Crippen LogP contribution < -0.4 is 5.43 Å². The normalized spacial score (nSPS) is 17.7. The third-order valence-electron chi connectivity index (χ3n) is 4.27. The number of nitro benzene ring substituents is 1. The lowest BCUT2D eigenvalue weighted by atomic mass is 10.0. The number of aliphatic imine (C=N–C) groups is 1. The summed E-state index contributed by atoms with van der Waals surface area (Å²) < 4.78 is 0. The van der Waals surface area contributed by atoms with E-state index in [0.717, 1.165) is 5.56 Å². The Morgan fingerprint density at radius 1 is 1.37 bits per heavy atom. The van der Waals surface area contributed by atoms with E-state index in [1.165, 1.54) is 42.5 Å². The summed E-state index contributed by atoms with van der Waals surface area (Å²) in [5.74, 6) is -0.966. The first-order valence-corrected chi connectivity index (χ1v) is 9.50. The van der Waals surface area contributed by atoms with Crippen LogP contribution in [0.5, 0.6) is 0 Å². The quantitative estimate of drug-likeness (QED) is 0.406. The second kappa shape index (κ2) is 8.69. The molecule has 156 valence electrons. The number of amides is 1. The molecule has 1 amide bonds. The van der Waals surface area contributed by atoms with Gasteiger partial charge in [0.25, 0.3) is 5.69 Å². The minimum absolute atomic E-state index is 0.0361. The van der Waals surface area contributed by atoms with E-state index >= 15 is 0 Å². The molecule has 1 aliphatic heterocycles. The monoisotopic (exact) mass is 431 g/mol. The molecule has 1 aliphatic rings. The summed E-state index contributed by atoms with van der Waals surface area (Å²) in [4.78, 5) is 42.7. The fraction of sp³-hybridized carbons (Fsp3) is 0.222. The molecule has 30 heavy (non-hydrogen) atoms. The molecule has 1 aromatic heterocycles. The van der Waals surface area contributed by atoms with Crippen molar-refractivity contribution < 1.29 is 24.5 Å². The predicted molar refractivity (Wildman–Crippen MR) is 109 cm³/mol. The van der Waals surface area contributed by atoms with Crippen molar-refractivity contribution >= 4 is 45.4 Å². The van der Waals surface area contributed by atoms with Crippen LogP contribution >= 0.6 is 11.3 Å². The van der Waals surface area contributed by atoms with Gasteiger partial charge in [0.05, 0.1) is 11.0 Å². The van der Waals surface area contributed by atoms with Crippen LogP contribution in [0.3, 0.4) is 0 Å². The molecule has 2 aromatic rings. The van der Waals surface area contributed by atoms with Crippen molar-refractivity contribution in [3.63, 3.8) is 0 Å². The molecule has 11 nitrogen and oxygen atoms in total. The number of rotatable bonds is 6. The lowest BCUT2D eigenvalue weighted by Crippen LogP contribution is -2.38. The molecule has 3 rings (SSSR count). The topological polar surface area (TPSA) is 147 Å². The van der Waals surface area contributed by atoms with Crippen molar-refractivity contribution in [2.45, 2.75) is 19.4 Å².